The van der Waals surface area contributed by atoms with E-state index in [0.29, 0.717) is 19.0 Å². The van der Waals surface area contributed by atoms with E-state index < -0.39 is 0 Å². The van der Waals surface area contributed by atoms with Gasteiger partial charge >= 0.3 is 0 Å². The number of aromatic nitrogens is 2. The van der Waals surface area contributed by atoms with Crippen molar-refractivity contribution in [2.75, 3.05) is 25.9 Å². The van der Waals surface area contributed by atoms with E-state index in [1.54, 1.807) is 24.2 Å². The molecule has 0 fully saturated rings. The Kier molecular flexibility index (Phi) is 4.81. The molecule has 0 spiro atoms. The maximum absolute atomic E-state index is 12.0. The fourth-order valence-corrected chi connectivity index (χ4v) is 1.78. The van der Waals surface area contributed by atoms with Gasteiger partial charge in [0.25, 0.3) is 0 Å². The van der Waals surface area contributed by atoms with Crippen LogP contribution in [0.3, 0.4) is 0 Å². The van der Waals surface area contributed by atoms with E-state index in [9.17, 15) is 4.79 Å². The first-order chi connectivity index (χ1) is 10.0. The second-order valence-corrected chi connectivity index (χ2v) is 4.91. The van der Waals surface area contributed by atoms with Gasteiger partial charge in [-0.15, -0.1) is 0 Å². The summed E-state index contributed by atoms with van der Waals surface area (Å²) in [6, 6.07) is 9.49. The topological polar surface area (TPSA) is 73.4 Å². The van der Waals surface area contributed by atoms with Crippen molar-refractivity contribution in [2.24, 2.45) is 0 Å². The first-order valence-corrected chi connectivity index (χ1v) is 6.77. The van der Waals surface area contributed by atoms with Gasteiger partial charge in [-0.05, 0) is 25.1 Å². The fourth-order valence-electron chi connectivity index (χ4n) is 1.78. The van der Waals surface area contributed by atoms with Gasteiger partial charge in [-0.2, -0.15) is 5.10 Å². The molecule has 1 amide bonds. The van der Waals surface area contributed by atoms with Crippen LogP contribution in [0.1, 0.15) is 5.56 Å². The largest absolute Gasteiger partial charge is 0.492 e. The molecular weight excluding hydrogens is 268 g/mol. The van der Waals surface area contributed by atoms with E-state index in [4.69, 9.17) is 10.5 Å². The van der Waals surface area contributed by atoms with Crippen LogP contribution in [0.25, 0.3) is 0 Å². The van der Waals surface area contributed by atoms with Gasteiger partial charge in [-0.1, -0.05) is 17.7 Å². The summed E-state index contributed by atoms with van der Waals surface area (Å²) in [7, 11) is 1.74. The molecule has 2 N–H and O–H groups in total. The first-order valence-electron chi connectivity index (χ1n) is 6.77. The zero-order valence-electron chi connectivity index (χ0n) is 12.3. The standard InChI is InChI=1S/C15H20N4O2/c1-12-3-5-13(6-4-12)21-10-9-18(2)15(20)11-19-8-7-14(16)17-19/h3-8H,9-11H2,1-2H3,(H2,16,17). The predicted molar refractivity (Wildman–Crippen MR) is 81.0 cm³/mol. The monoisotopic (exact) mass is 288 g/mol. The Labute approximate surface area is 124 Å². The van der Waals surface area contributed by atoms with E-state index in [1.807, 2.05) is 31.2 Å². The average Bonchev–Trinajstić information content (AvgIpc) is 2.86. The van der Waals surface area contributed by atoms with Crippen molar-refractivity contribution in [2.45, 2.75) is 13.5 Å². The molecule has 112 valence electrons. The molecule has 0 aliphatic rings. The Bertz CT molecular complexity index is 592. The number of ether oxygens (including phenoxy) is 1. The highest BCUT2D eigenvalue weighted by Crippen LogP contribution is 2.11. The highest BCUT2D eigenvalue weighted by atomic mass is 16.5. The number of rotatable bonds is 6. The molecule has 0 saturated carbocycles. The van der Waals surface area contributed by atoms with E-state index in [0.717, 1.165) is 5.75 Å². The van der Waals surface area contributed by atoms with Gasteiger partial charge in [-0.3, -0.25) is 9.48 Å². The summed E-state index contributed by atoms with van der Waals surface area (Å²) in [5.74, 6) is 1.18. The summed E-state index contributed by atoms with van der Waals surface area (Å²) in [5, 5.41) is 3.98. The molecule has 0 atom stereocenters. The Hall–Kier alpha value is -2.50. The van der Waals surface area contributed by atoms with E-state index in [-0.39, 0.29) is 12.5 Å². The molecule has 2 aromatic rings. The maximum atomic E-state index is 12.0. The Morgan fingerprint density at radius 3 is 2.67 bits per heavy atom. The fraction of sp³-hybridized carbons (Fsp3) is 0.333. The van der Waals surface area contributed by atoms with Crippen molar-refractivity contribution in [1.82, 2.24) is 14.7 Å². The zero-order valence-corrected chi connectivity index (χ0v) is 12.3. The van der Waals surface area contributed by atoms with Crippen molar-refractivity contribution in [3.05, 3.63) is 42.1 Å². The Balaban J connectivity index is 1.74. The summed E-state index contributed by atoms with van der Waals surface area (Å²) < 4.78 is 7.12. The smallest absolute Gasteiger partial charge is 0.244 e. The van der Waals surface area contributed by atoms with Crippen LogP contribution in [0.15, 0.2) is 36.5 Å². The van der Waals surface area contributed by atoms with Crippen LogP contribution >= 0.6 is 0 Å². The minimum atomic E-state index is -0.0365. The molecule has 6 nitrogen and oxygen atoms in total. The number of anilines is 1. The van der Waals surface area contributed by atoms with Gasteiger partial charge in [0.2, 0.25) is 5.91 Å². The van der Waals surface area contributed by atoms with Crippen molar-refractivity contribution in [3.8, 4) is 5.75 Å². The molecule has 0 bridgehead atoms. The number of likely N-dealkylation sites (N-methyl/N-ethyl adjacent to an activating group) is 1. The summed E-state index contributed by atoms with van der Waals surface area (Å²) in [6.07, 6.45) is 1.68. The normalized spacial score (nSPS) is 10.4. The van der Waals surface area contributed by atoms with Crippen LogP contribution in [-0.4, -0.2) is 40.8 Å². The molecule has 0 radical (unpaired) electrons. The minimum Gasteiger partial charge on any atom is -0.492 e. The first kappa shape index (κ1) is 14.9. The summed E-state index contributed by atoms with van der Waals surface area (Å²) in [6.45, 7) is 3.17. The van der Waals surface area contributed by atoms with Gasteiger partial charge in [0, 0.05) is 13.2 Å². The number of aryl methyl sites for hydroxylation is 1. The van der Waals surface area contributed by atoms with Crippen LogP contribution < -0.4 is 10.5 Å². The number of benzene rings is 1. The van der Waals surface area contributed by atoms with E-state index in [1.165, 1.54) is 10.2 Å². The van der Waals surface area contributed by atoms with Crippen molar-refractivity contribution in [3.63, 3.8) is 0 Å². The third kappa shape index (κ3) is 4.52. The molecule has 2 rings (SSSR count). The maximum Gasteiger partial charge on any atom is 0.244 e. The van der Waals surface area contributed by atoms with Crippen molar-refractivity contribution in [1.29, 1.82) is 0 Å². The highest BCUT2D eigenvalue weighted by molar-refractivity contribution is 5.75. The molecule has 0 saturated heterocycles. The van der Waals surface area contributed by atoms with Crippen molar-refractivity contribution < 1.29 is 9.53 Å². The SMILES string of the molecule is Cc1ccc(OCCN(C)C(=O)Cn2ccc(N)n2)cc1. The molecule has 21 heavy (non-hydrogen) atoms. The number of carbonyl (C=O) groups is 1. The third-order valence-corrected chi connectivity index (χ3v) is 3.10. The molecule has 0 aliphatic heterocycles. The van der Waals surface area contributed by atoms with Crippen LogP contribution in [0.5, 0.6) is 5.75 Å². The molecule has 1 heterocycles. The van der Waals surface area contributed by atoms with Gasteiger partial charge in [0.1, 0.15) is 24.7 Å². The molecule has 6 heteroatoms. The molecular formula is C15H20N4O2. The number of hydrogen-bond donors (Lipinski definition) is 1. The number of nitrogens with two attached hydrogens (primary N) is 1. The number of carbonyl (C=O) groups excluding carboxylic acids is 1. The lowest BCUT2D eigenvalue weighted by molar-refractivity contribution is -0.131. The number of hydrogen-bond acceptors (Lipinski definition) is 4. The third-order valence-electron chi connectivity index (χ3n) is 3.10. The van der Waals surface area contributed by atoms with Crippen LogP contribution in [0.2, 0.25) is 0 Å². The molecule has 0 aliphatic carbocycles. The Morgan fingerprint density at radius 1 is 1.33 bits per heavy atom. The number of amides is 1. The van der Waals surface area contributed by atoms with Crippen LogP contribution in [0.4, 0.5) is 5.82 Å². The quantitative estimate of drug-likeness (QED) is 0.870. The summed E-state index contributed by atoms with van der Waals surface area (Å²) in [5.41, 5.74) is 6.70. The lowest BCUT2D eigenvalue weighted by atomic mass is 10.2. The molecule has 0 unspecified atom stereocenters. The van der Waals surface area contributed by atoms with E-state index in [2.05, 4.69) is 5.10 Å². The second kappa shape index (κ2) is 6.78. The number of nitrogen functional groups attached to an aromatic ring is 1. The second-order valence-electron chi connectivity index (χ2n) is 4.91. The average molecular weight is 288 g/mol. The summed E-state index contributed by atoms with van der Waals surface area (Å²) in [4.78, 5) is 13.6. The predicted octanol–water partition coefficient (Wildman–Crippen LogP) is 1.31. The van der Waals surface area contributed by atoms with Crippen LogP contribution in [0, 0.1) is 6.92 Å². The minimum absolute atomic E-state index is 0.0365. The number of nitrogens with zero attached hydrogens (tertiary/aromatic N) is 3. The molecule has 1 aromatic heterocycles. The Morgan fingerprint density at radius 2 is 2.05 bits per heavy atom. The lowest BCUT2D eigenvalue weighted by Gasteiger charge is -2.17. The van der Waals surface area contributed by atoms with E-state index >= 15 is 0 Å². The van der Waals surface area contributed by atoms with Crippen LogP contribution in [-0.2, 0) is 11.3 Å². The van der Waals surface area contributed by atoms with Gasteiger partial charge in [0.05, 0.1) is 6.54 Å². The zero-order chi connectivity index (χ0) is 15.2. The van der Waals surface area contributed by atoms with Crippen molar-refractivity contribution >= 4 is 11.7 Å². The van der Waals surface area contributed by atoms with Gasteiger partial charge in [-0.25, -0.2) is 0 Å². The summed E-state index contributed by atoms with van der Waals surface area (Å²) >= 11 is 0. The lowest BCUT2D eigenvalue weighted by Crippen LogP contribution is -2.33. The van der Waals surface area contributed by atoms with Gasteiger partial charge in [0.15, 0.2) is 0 Å². The highest BCUT2D eigenvalue weighted by Gasteiger charge is 2.10. The molecule has 1 aromatic carbocycles. The van der Waals surface area contributed by atoms with Gasteiger partial charge < -0.3 is 15.4 Å².